The van der Waals surface area contributed by atoms with Crippen LogP contribution in [0.15, 0.2) is 0 Å². The van der Waals surface area contributed by atoms with Gasteiger partial charge in [-0.2, -0.15) is 0 Å². The Labute approximate surface area is 126 Å². The number of amides is 1. The van der Waals surface area contributed by atoms with Gasteiger partial charge in [-0.05, 0) is 33.6 Å². The minimum atomic E-state index is -1.01. The van der Waals surface area contributed by atoms with Crippen LogP contribution in [0, 0.1) is 0 Å². The van der Waals surface area contributed by atoms with Crippen molar-refractivity contribution in [2.75, 3.05) is 7.11 Å². The molecule has 0 heterocycles. The summed E-state index contributed by atoms with van der Waals surface area (Å²) in [4.78, 5) is 23.2. The van der Waals surface area contributed by atoms with E-state index < -0.39 is 29.3 Å². The van der Waals surface area contributed by atoms with Crippen molar-refractivity contribution < 1.29 is 24.2 Å². The van der Waals surface area contributed by atoms with Crippen LogP contribution in [0.25, 0.3) is 0 Å². The molecule has 6 nitrogen and oxygen atoms in total. The molecule has 0 aromatic carbocycles. The van der Waals surface area contributed by atoms with Crippen molar-refractivity contribution in [2.24, 2.45) is 0 Å². The number of carboxylic acids is 1. The summed E-state index contributed by atoms with van der Waals surface area (Å²) in [6, 6.07) is 0. The number of aliphatic carboxylic acids is 1. The monoisotopic (exact) mass is 301 g/mol. The molecule has 1 aliphatic rings. The van der Waals surface area contributed by atoms with Crippen molar-refractivity contribution in [3.63, 3.8) is 0 Å². The molecular weight excluding hydrogens is 274 g/mol. The summed E-state index contributed by atoms with van der Waals surface area (Å²) in [6.07, 6.45) is 3.37. The van der Waals surface area contributed by atoms with Gasteiger partial charge in [-0.3, -0.25) is 0 Å². The molecule has 1 unspecified atom stereocenters. The second-order valence-corrected chi connectivity index (χ2v) is 6.73. The first-order chi connectivity index (χ1) is 9.67. The van der Waals surface area contributed by atoms with E-state index in [2.05, 4.69) is 5.32 Å². The summed E-state index contributed by atoms with van der Waals surface area (Å²) in [7, 11) is 1.38. The Balaban J connectivity index is 2.78. The summed E-state index contributed by atoms with van der Waals surface area (Å²) < 4.78 is 10.3. The summed E-state index contributed by atoms with van der Waals surface area (Å²) >= 11 is 0. The standard InChI is InChI=1S/C15H27NO5/c1-14(2,3)21-13(19)16-15(8-6-5-7-9-15)10-11(20-4)12(17)18/h11H,5-10H2,1-4H3,(H,16,19)(H,17,18). The van der Waals surface area contributed by atoms with Crippen LogP contribution in [0.1, 0.15) is 59.3 Å². The van der Waals surface area contributed by atoms with Gasteiger partial charge in [-0.1, -0.05) is 19.3 Å². The number of rotatable bonds is 5. The van der Waals surface area contributed by atoms with E-state index in [1.54, 1.807) is 20.8 Å². The predicted molar refractivity (Wildman–Crippen MR) is 78.2 cm³/mol. The molecule has 1 saturated carbocycles. The van der Waals surface area contributed by atoms with Gasteiger partial charge >= 0.3 is 12.1 Å². The molecule has 1 amide bonds. The second-order valence-electron chi connectivity index (χ2n) is 6.73. The fourth-order valence-corrected chi connectivity index (χ4v) is 2.76. The van der Waals surface area contributed by atoms with Crippen LogP contribution < -0.4 is 5.32 Å². The molecule has 0 aromatic heterocycles. The molecule has 21 heavy (non-hydrogen) atoms. The first kappa shape index (κ1) is 17.8. The van der Waals surface area contributed by atoms with Gasteiger partial charge < -0.3 is 19.9 Å². The van der Waals surface area contributed by atoms with Gasteiger partial charge in [0.1, 0.15) is 5.60 Å². The molecule has 0 saturated heterocycles. The van der Waals surface area contributed by atoms with Gasteiger partial charge in [-0.15, -0.1) is 0 Å². The van der Waals surface area contributed by atoms with Crippen LogP contribution in [0.4, 0.5) is 4.79 Å². The molecule has 1 atom stereocenters. The lowest BCUT2D eigenvalue weighted by Gasteiger charge is -2.39. The maximum Gasteiger partial charge on any atom is 0.408 e. The van der Waals surface area contributed by atoms with Gasteiger partial charge in [0.2, 0.25) is 0 Å². The third kappa shape index (κ3) is 5.91. The molecule has 2 N–H and O–H groups in total. The number of alkyl carbamates (subject to hydrolysis) is 1. The van der Waals surface area contributed by atoms with E-state index in [4.69, 9.17) is 14.6 Å². The van der Waals surface area contributed by atoms with Crippen LogP contribution in [0.5, 0.6) is 0 Å². The van der Waals surface area contributed by atoms with E-state index in [-0.39, 0.29) is 6.42 Å². The lowest BCUT2D eigenvalue weighted by Crippen LogP contribution is -2.53. The second kappa shape index (κ2) is 7.11. The van der Waals surface area contributed by atoms with Crippen molar-refractivity contribution in [1.82, 2.24) is 5.32 Å². The number of hydrogen-bond acceptors (Lipinski definition) is 4. The summed E-state index contributed by atoms with van der Waals surface area (Å²) in [5, 5.41) is 12.1. The largest absolute Gasteiger partial charge is 0.479 e. The lowest BCUT2D eigenvalue weighted by atomic mass is 9.78. The van der Waals surface area contributed by atoms with Gasteiger partial charge in [0.15, 0.2) is 6.10 Å². The lowest BCUT2D eigenvalue weighted by molar-refractivity contribution is -0.150. The highest BCUT2D eigenvalue weighted by Crippen LogP contribution is 2.33. The maximum atomic E-state index is 12.1. The van der Waals surface area contributed by atoms with Crippen LogP contribution >= 0.6 is 0 Å². The fraction of sp³-hybridized carbons (Fsp3) is 0.867. The molecule has 122 valence electrons. The zero-order valence-corrected chi connectivity index (χ0v) is 13.4. The molecule has 6 heteroatoms. The summed E-state index contributed by atoms with van der Waals surface area (Å²) in [6.45, 7) is 5.40. The molecule has 0 aliphatic heterocycles. The number of carbonyl (C=O) groups excluding carboxylic acids is 1. The van der Waals surface area contributed by atoms with Gasteiger partial charge in [0, 0.05) is 19.1 Å². The molecule has 0 radical (unpaired) electrons. The van der Waals surface area contributed by atoms with E-state index in [9.17, 15) is 9.59 Å². The Morgan fingerprint density at radius 2 is 1.81 bits per heavy atom. The average Bonchev–Trinajstić information content (AvgIpc) is 2.34. The van der Waals surface area contributed by atoms with Crippen LogP contribution in [0.2, 0.25) is 0 Å². The first-order valence-corrected chi connectivity index (χ1v) is 7.44. The SMILES string of the molecule is COC(CC1(NC(=O)OC(C)(C)C)CCCCC1)C(=O)O. The number of nitrogens with one attached hydrogen (secondary N) is 1. The van der Waals surface area contributed by atoms with Gasteiger partial charge in [0.05, 0.1) is 0 Å². The zero-order valence-electron chi connectivity index (χ0n) is 13.4. The predicted octanol–water partition coefficient (Wildman–Crippen LogP) is 2.70. The highest BCUT2D eigenvalue weighted by molar-refractivity contribution is 5.73. The molecule has 1 rings (SSSR count). The Hall–Kier alpha value is -1.30. The normalized spacial score (nSPS) is 19.6. The number of hydrogen-bond donors (Lipinski definition) is 2. The number of ether oxygens (including phenoxy) is 2. The van der Waals surface area contributed by atoms with E-state index in [0.29, 0.717) is 0 Å². The molecule has 0 spiro atoms. The van der Waals surface area contributed by atoms with Crippen molar-refractivity contribution >= 4 is 12.1 Å². The Bertz CT molecular complexity index is 369. The molecule has 0 bridgehead atoms. The smallest absolute Gasteiger partial charge is 0.408 e. The third-order valence-electron chi connectivity index (χ3n) is 3.71. The molecular formula is C15H27NO5. The van der Waals surface area contributed by atoms with Crippen molar-refractivity contribution in [2.45, 2.75) is 76.5 Å². The van der Waals surface area contributed by atoms with E-state index in [1.165, 1.54) is 7.11 Å². The van der Waals surface area contributed by atoms with Gasteiger partial charge in [0.25, 0.3) is 0 Å². The Kier molecular flexibility index (Phi) is 6.01. The summed E-state index contributed by atoms with van der Waals surface area (Å²) in [5.74, 6) is -1.01. The van der Waals surface area contributed by atoms with Crippen LogP contribution in [-0.4, -0.2) is 41.5 Å². The number of carbonyl (C=O) groups is 2. The number of carboxylic acid groups (broad SMARTS) is 1. The zero-order chi connectivity index (χ0) is 16.1. The fourth-order valence-electron chi connectivity index (χ4n) is 2.76. The molecule has 1 fully saturated rings. The van der Waals surface area contributed by atoms with E-state index in [1.807, 2.05) is 0 Å². The quantitative estimate of drug-likeness (QED) is 0.815. The highest BCUT2D eigenvalue weighted by atomic mass is 16.6. The maximum absolute atomic E-state index is 12.1. The van der Waals surface area contributed by atoms with Crippen molar-refractivity contribution in [3.05, 3.63) is 0 Å². The highest BCUT2D eigenvalue weighted by Gasteiger charge is 2.39. The Morgan fingerprint density at radius 1 is 1.24 bits per heavy atom. The third-order valence-corrected chi connectivity index (χ3v) is 3.71. The van der Waals surface area contributed by atoms with E-state index in [0.717, 1.165) is 32.1 Å². The Morgan fingerprint density at radius 3 is 2.24 bits per heavy atom. The van der Waals surface area contributed by atoms with Crippen molar-refractivity contribution in [3.8, 4) is 0 Å². The summed E-state index contributed by atoms with van der Waals surface area (Å²) in [5.41, 5.74) is -1.13. The minimum Gasteiger partial charge on any atom is -0.479 e. The van der Waals surface area contributed by atoms with E-state index >= 15 is 0 Å². The topological polar surface area (TPSA) is 84.9 Å². The molecule has 0 aromatic rings. The number of methoxy groups -OCH3 is 1. The van der Waals surface area contributed by atoms with Crippen LogP contribution in [0.3, 0.4) is 0 Å². The molecule has 1 aliphatic carbocycles. The van der Waals surface area contributed by atoms with Gasteiger partial charge in [-0.25, -0.2) is 9.59 Å². The van der Waals surface area contributed by atoms with Crippen molar-refractivity contribution in [1.29, 1.82) is 0 Å². The van der Waals surface area contributed by atoms with Crippen LogP contribution in [-0.2, 0) is 14.3 Å². The minimum absolute atomic E-state index is 0.262. The first-order valence-electron chi connectivity index (χ1n) is 7.44. The average molecular weight is 301 g/mol.